The molecule has 1 aromatic heterocycles. The molecule has 1 aliphatic rings. The number of aliphatic hydroxyl groups is 1. The number of piperidine rings is 1. The molecule has 2 heterocycles. The Hall–Kier alpha value is -1.59. The molecule has 3 rings (SSSR count). The average Bonchev–Trinajstić information content (AvgIpc) is 2.98. The topological polar surface area (TPSA) is 62.4 Å². The van der Waals surface area contributed by atoms with Crippen LogP contribution in [0.25, 0.3) is 0 Å². The molecule has 1 aromatic carbocycles. The van der Waals surface area contributed by atoms with E-state index in [2.05, 4.69) is 10.1 Å². The summed E-state index contributed by atoms with van der Waals surface area (Å²) in [7, 11) is 0. The summed E-state index contributed by atoms with van der Waals surface area (Å²) in [6.07, 6.45) is 1.16. The summed E-state index contributed by atoms with van der Waals surface area (Å²) in [6, 6.07) is 8.01. The van der Waals surface area contributed by atoms with E-state index in [-0.39, 0.29) is 5.92 Å². The maximum absolute atomic E-state index is 10.9. The molecule has 1 saturated heterocycles. The second-order valence-electron chi connectivity index (χ2n) is 6.09. The van der Waals surface area contributed by atoms with Crippen LogP contribution < -0.4 is 4.90 Å². The third kappa shape index (κ3) is 2.83. The van der Waals surface area contributed by atoms with Gasteiger partial charge in [0.1, 0.15) is 0 Å². The second kappa shape index (κ2) is 5.89. The normalized spacial score (nSPS) is 18.0. The highest BCUT2D eigenvalue weighted by molar-refractivity contribution is 6.31. The molecule has 0 bridgehead atoms. The van der Waals surface area contributed by atoms with E-state index < -0.39 is 5.60 Å². The summed E-state index contributed by atoms with van der Waals surface area (Å²) in [4.78, 5) is 6.43. The minimum absolute atomic E-state index is 0.238. The number of nitrogens with zero attached hydrogens (tertiary/aromatic N) is 3. The van der Waals surface area contributed by atoms with Crippen LogP contribution in [0, 0.1) is 0 Å². The zero-order valence-corrected chi connectivity index (χ0v) is 13.5. The first-order valence-corrected chi connectivity index (χ1v) is 7.93. The van der Waals surface area contributed by atoms with Crippen molar-refractivity contribution in [2.45, 2.75) is 38.2 Å². The van der Waals surface area contributed by atoms with Crippen LogP contribution in [0.1, 0.15) is 44.0 Å². The van der Waals surface area contributed by atoms with Crippen LogP contribution >= 0.6 is 11.6 Å². The monoisotopic (exact) mass is 321 g/mol. The second-order valence-corrected chi connectivity index (χ2v) is 6.50. The Kier molecular flexibility index (Phi) is 4.10. The zero-order valence-electron chi connectivity index (χ0n) is 12.8. The van der Waals surface area contributed by atoms with Gasteiger partial charge in [-0.25, -0.2) is 0 Å². The van der Waals surface area contributed by atoms with Crippen molar-refractivity contribution in [3.05, 3.63) is 40.7 Å². The Morgan fingerprint density at radius 3 is 2.55 bits per heavy atom. The molecule has 0 radical (unpaired) electrons. The quantitative estimate of drug-likeness (QED) is 0.939. The number of halogens is 1. The van der Waals surface area contributed by atoms with E-state index in [1.807, 2.05) is 43.0 Å². The number of anilines is 1. The van der Waals surface area contributed by atoms with Gasteiger partial charge in [0.05, 0.1) is 5.60 Å². The van der Waals surface area contributed by atoms with Crippen molar-refractivity contribution in [3.8, 4) is 0 Å². The fourth-order valence-electron chi connectivity index (χ4n) is 2.77. The number of hydrogen-bond acceptors (Lipinski definition) is 5. The molecular weight excluding hydrogens is 302 g/mol. The van der Waals surface area contributed by atoms with E-state index in [0.29, 0.717) is 42.8 Å². The summed E-state index contributed by atoms with van der Waals surface area (Å²) >= 11 is 6.22. The van der Waals surface area contributed by atoms with Gasteiger partial charge >= 0.3 is 6.01 Å². The van der Waals surface area contributed by atoms with Crippen molar-refractivity contribution in [3.63, 3.8) is 0 Å². The maximum atomic E-state index is 10.9. The van der Waals surface area contributed by atoms with Crippen molar-refractivity contribution >= 4 is 17.6 Å². The van der Waals surface area contributed by atoms with Crippen molar-refractivity contribution in [2.24, 2.45) is 0 Å². The van der Waals surface area contributed by atoms with Crippen molar-refractivity contribution < 1.29 is 9.63 Å². The number of rotatable bonds is 3. The molecule has 0 amide bonds. The van der Waals surface area contributed by atoms with Gasteiger partial charge in [0.2, 0.25) is 0 Å². The molecule has 1 fully saturated rings. The summed E-state index contributed by atoms with van der Waals surface area (Å²) in [5.74, 6) is 0.948. The highest BCUT2D eigenvalue weighted by Gasteiger charge is 2.36. The predicted octanol–water partition coefficient (Wildman–Crippen LogP) is 3.33. The highest BCUT2D eigenvalue weighted by Crippen LogP contribution is 2.37. The van der Waals surface area contributed by atoms with E-state index in [4.69, 9.17) is 16.1 Å². The Bertz CT molecular complexity index is 648. The van der Waals surface area contributed by atoms with Gasteiger partial charge < -0.3 is 14.5 Å². The Labute approximate surface area is 134 Å². The van der Waals surface area contributed by atoms with Crippen LogP contribution in [0.2, 0.25) is 5.02 Å². The Balaban J connectivity index is 1.73. The van der Waals surface area contributed by atoms with Gasteiger partial charge in [-0.15, -0.1) is 0 Å². The first kappa shape index (κ1) is 15.3. The van der Waals surface area contributed by atoms with Gasteiger partial charge in [-0.1, -0.05) is 48.8 Å². The van der Waals surface area contributed by atoms with Gasteiger partial charge in [-0.2, -0.15) is 4.98 Å². The molecular formula is C16H20ClN3O2. The van der Waals surface area contributed by atoms with Gasteiger partial charge in [0.15, 0.2) is 5.82 Å². The van der Waals surface area contributed by atoms with Crippen LogP contribution in [0.5, 0.6) is 0 Å². The van der Waals surface area contributed by atoms with Crippen molar-refractivity contribution in [1.29, 1.82) is 0 Å². The Morgan fingerprint density at radius 2 is 1.95 bits per heavy atom. The summed E-state index contributed by atoms with van der Waals surface area (Å²) in [5.41, 5.74) is -0.0971. The zero-order chi connectivity index (χ0) is 15.7. The lowest BCUT2D eigenvalue weighted by molar-refractivity contribution is 0.0110. The van der Waals surface area contributed by atoms with E-state index in [0.717, 1.165) is 5.56 Å². The molecule has 1 aliphatic heterocycles. The highest BCUT2D eigenvalue weighted by atomic mass is 35.5. The Morgan fingerprint density at radius 1 is 1.27 bits per heavy atom. The SMILES string of the molecule is CC(C)c1noc(N2CCC(O)(c3ccccc3Cl)CC2)n1. The molecule has 5 nitrogen and oxygen atoms in total. The molecule has 118 valence electrons. The van der Waals surface area contributed by atoms with Crippen LogP contribution in [0.4, 0.5) is 6.01 Å². The van der Waals surface area contributed by atoms with Crippen molar-refractivity contribution in [1.82, 2.24) is 10.1 Å². The number of benzene rings is 1. The van der Waals surface area contributed by atoms with Gasteiger partial charge in [0.25, 0.3) is 0 Å². The third-order valence-electron chi connectivity index (χ3n) is 4.18. The first-order chi connectivity index (χ1) is 10.5. The summed E-state index contributed by atoms with van der Waals surface area (Å²) in [5, 5.41) is 15.5. The first-order valence-electron chi connectivity index (χ1n) is 7.55. The predicted molar refractivity (Wildman–Crippen MR) is 85.2 cm³/mol. The lowest BCUT2D eigenvalue weighted by Gasteiger charge is -2.38. The lowest BCUT2D eigenvalue weighted by atomic mass is 9.84. The van der Waals surface area contributed by atoms with E-state index >= 15 is 0 Å². The fourth-order valence-corrected chi connectivity index (χ4v) is 3.08. The largest absolute Gasteiger partial charge is 0.385 e. The molecule has 0 aliphatic carbocycles. The number of aromatic nitrogens is 2. The van der Waals surface area contributed by atoms with Crippen LogP contribution in [-0.2, 0) is 5.60 Å². The van der Waals surface area contributed by atoms with E-state index in [1.54, 1.807) is 0 Å². The van der Waals surface area contributed by atoms with Gasteiger partial charge in [-0.3, -0.25) is 0 Å². The standard InChI is InChI=1S/C16H20ClN3O2/c1-11(2)14-18-15(22-19-14)20-9-7-16(21,8-10-20)12-5-3-4-6-13(12)17/h3-6,11,21H,7-10H2,1-2H3. The molecule has 0 unspecified atom stereocenters. The van der Waals surface area contributed by atoms with Gasteiger partial charge in [-0.05, 0) is 18.9 Å². The number of hydrogen-bond donors (Lipinski definition) is 1. The molecule has 0 atom stereocenters. The average molecular weight is 322 g/mol. The maximum Gasteiger partial charge on any atom is 0.324 e. The minimum Gasteiger partial charge on any atom is -0.385 e. The fraction of sp³-hybridized carbons (Fsp3) is 0.500. The lowest BCUT2D eigenvalue weighted by Crippen LogP contribution is -2.43. The van der Waals surface area contributed by atoms with E-state index in [1.165, 1.54) is 0 Å². The van der Waals surface area contributed by atoms with Crippen LogP contribution in [0.15, 0.2) is 28.8 Å². The molecule has 0 spiro atoms. The van der Waals surface area contributed by atoms with Gasteiger partial charge in [0, 0.05) is 29.6 Å². The molecule has 1 N–H and O–H groups in total. The summed E-state index contributed by atoms with van der Waals surface area (Å²) < 4.78 is 5.32. The van der Waals surface area contributed by atoms with Crippen LogP contribution in [-0.4, -0.2) is 28.3 Å². The molecule has 22 heavy (non-hydrogen) atoms. The van der Waals surface area contributed by atoms with E-state index in [9.17, 15) is 5.11 Å². The molecule has 2 aromatic rings. The van der Waals surface area contributed by atoms with Crippen molar-refractivity contribution in [2.75, 3.05) is 18.0 Å². The minimum atomic E-state index is -0.893. The smallest absolute Gasteiger partial charge is 0.324 e. The molecule has 0 saturated carbocycles. The van der Waals surface area contributed by atoms with Crippen LogP contribution in [0.3, 0.4) is 0 Å². The molecule has 6 heteroatoms. The third-order valence-corrected chi connectivity index (χ3v) is 4.51. The summed E-state index contributed by atoms with van der Waals surface area (Å²) in [6.45, 7) is 5.37.